The van der Waals surface area contributed by atoms with Gasteiger partial charge in [0.1, 0.15) is 17.5 Å². The molecule has 5 aromatic rings. The number of anilines is 1. The molecule has 3 aromatic heterocycles. The number of imide groups is 1. The molecule has 1 atom stereocenters. The number of fused-ring (bicyclic) bond motifs is 2. The number of nitrogens with one attached hydrogen (secondary N) is 1. The van der Waals surface area contributed by atoms with E-state index in [2.05, 4.69) is 25.4 Å². The Morgan fingerprint density at radius 2 is 1.64 bits per heavy atom. The van der Waals surface area contributed by atoms with Gasteiger partial charge in [-0.2, -0.15) is 10.2 Å². The molecular formula is C48H50N10O9. The van der Waals surface area contributed by atoms with E-state index in [9.17, 15) is 28.8 Å². The summed E-state index contributed by atoms with van der Waals surface area (Å²) < 4.78 is 19.0. The number of azo groups is 1. The van der Waals surface area contributed by atoms with Crippen molar-refractivity contribution in [2.24, 2.45) is 10.2 Å². The number of methoxy groups -OCH3 is 2. The van der Waals surface area contributed by atoms with Crippen molar-refractivity contribution in [3.63, 3.8) is 0 Å². The number of piperidine rings is 1. The van der Waals surface area contributed by atoms with Crippen molar-refractivity contribution in [2.45, 2.75) is 77.4 Å². The van der Waals surface area contributed by atoms with E-state index in [0.717, 1.165) is 37.1 Å². The zero-order valence-corrected chi connectivity index (χ0v) is 37.7. The van der Waals surface area contributed by atoms with Crippen LogP contribution >= 0.6 is 0 Å². The van der Waals surface area contributed by atoms with E-state index in [1.54, 1.807) is 52.9 Å². The van der Waals surface area contributed by atoms with Gasteiger partial charge in [0.25, 0.3) is 17.4 Å². The molecule has 1 saturated carbocycles. The molecule has 0 spiro atoms. The van der Waals surface area contributed by atoms with Gasteiger partial charge in [-0.05, 0) is 62.9 Å². The van der Waals surface area contributed by atoms with Crippen LogP contribution in [0.15, 0.2) is 69.9 Å². The molecule has 1 unspecified atom stereocenters. The molecule has 19 heteroatoms. The summed E-state index contributed by atoms with van der Waals surface area (Å²) in [6, 6.07) is 11.5. The first-order valence-electron chi connectivity index (χ1n) is 22.4. The molecule has 1 N–H and O–H groups in total. The number of hydrogen-bond acceptors (Lipinski definition) is 15. The second kappa shape index (κ2) is 18.7. The number of hydrogen-bond donors (Lipinski definition) is 1. The number of carbonyl (C=O) groups excluding carboxylic acids is 5. The molecule has 9 rings (SSSR count). The van der Waals surface area contributed by atoms with Gasteiger partial charge in [0.2, 0.25) is 17.6 Å². The lowest BCUT2D eigenvalue weighted by Crippen LogP contribution is -2.52. The van der Waals surface area contributed by atoms with Crippen LogP contribution in [0.1, 0.15) is 94.9 Å². The van der Waals surface area contributed by atoms with E-state index in [0.29, 0.717) is 77.5 Å². The lowest BCUT2D eigenvalue weighted by atomic mass is 10.0. The summed E-state index contributed by atoms with van der Waals surface area (Å²) >= 11 is 0. The fraction of sp³-hybridized carbons (Fsp3) is 0.396. The van der Waals surface area contributed by atoms with E-state index in [4.69, 9.17) is 24.2 Å². The van der Waals surface area contributed by atoms with Gasteiger partial charge in [-0.3, -0.25) is 43.6 Å². The zero-order chi connectivity index (χ0) is 46.9. The lowest BCUT2D eigenvalue weighted by molar-refractivity contribution is -0.137. The highest BCUT2D eigenvalue weighted by atomic mass is 16.5. The number of aryl methyl sites for hydroxylation is 1. The molecule has 4 amide bonds. The Morgan fingerprint density at radius 3 is 2.31 bits per heavy atom. The second-order valence-corrected chi connectivity index (χ2v) is 17.1. The molecule has 2 saturated heterocycles. The van der Waals surface area contributed by atoms with E-state index >= 15 is 0 Å². The molecule has 2 aromatic carbocycles. The van der Waals surface area contributed by atoms with Crippen molar-refractivity contribution in [2.75, 3.05) is 51.9 Å². The van der Waals surface area contributed by atoms with E-state index in [1.807, 2.05) is 18.3 Å². The van der Waals surface area contributed by atoms with Crippen molar-refractivity contribution in [3.05, 3.63) is 99.0 Å². The first-order chi connectivity index (χ1) is 32.4. The Hall–Kier alpha value is -7.57. The summed E-state index contributed by atoms with van der Waals surface area (Å²) in [6.07, 6.45) is 8.07. The van der Waals surface area contributed by atoms with Gasteiger partial charge in [-0.15, -0.1) is 0 Å². The summed E-state index contributed by atoms with van der Waals surface area (Å²) in [6.45, 7) is 5.20. The average Bonchev–Trinajstić information content (AvgIpc) is 3.98. The number of piperazine rings is 1. The van der Waals surface area contributed by atoms with Gasteiger partial charge in [0.15, 0.2) is 23.9 Å². The molecule has 3 fully saturated rings. The van der Waals surface area contributed by atoms with Crippen LogP contribution in [0, 0.1) is 6.92 Å². The molecule has 67 heavy (non-hydrogen) atoms. The van der Waals surface area contributed by atoms with Crippen LogP contribution in [-0.2, 0) is 27.3 Å². The largest absolute Gasteiger partial charge is 0.493 e. The lowest BCUT2D eigenvalue weighted by Gasteiger charge is -2.36. The van der Waals surface area contributed by atoms with Crippen molar-refractivity contribution < 1.29 is 38.2 Å². The monoisotopic (exact) mass is 910 g/mol. The third-order valence-corrected chi connectivity index (χ3v) is 13.1. The normalized spacial score (nSPS) is 17.6. The van der Waals surface area contributed by atoms with Gasteiger partial charge >= 0.3 is 0 Å². The van der Waals surface area contributed by atoms with Crippen LogP contribution < -0.4 is 30.0 Å². The maximum absolute atomic E-state index is 13.6. The van der Waals surface area contributed by atoms with Gasteiger partial charge < -0.3 is 28.9 Å². The van der Waals surface area contributed by atoms with Crippen LogP contribution in [-0.4, -0.2) is 112 Å². The number of ketones is 1. The Balaban J connectivity index is 0.808. The average molecular weight is 911 g/mol. The van der Waals surface area contributed by atoms with Crippen LogP contribution in [0.3, 0.4) is 0 Å². The standard InChI is InChI=1S/C48H50N10O9/c1-27-34-24-50-40(51-45(34)58(31-8-5-6-9-31)48(64)43(27)28(2)59)22-29-12-13-32(23-49-29)55-16-18-56(19-17-55)42(61)26-67-44-38(65-3)20-30(21-39(44)66-4)53-54-36-11-7-10-33-35(36)25-57(47(33)63)37-14-15-41(60)52-46(37)62/h7,10-13,20-21,23-24,31,37H,5-6,8-9,14-19,22,25-26H2,1-4H3,(H,52,60,62). The van der Waals surface area contributed by atoms with Gasteiger partial charge in [0, 0.05) is 85.7 Å². The minimum atomic E-state index is -0.755. The summed E-state index contributed by atoms with van der Waals surface area (Å²) in [7, 11) is 2.93. The number of carbonyl (C=O) groups is 5. The third kappa shape index (κ3) is 8.80. The first-order valence-corrected chi connectivity index (χ1v) is 22.4. The summed E-state index contributed by atoms with van der Waals surface area (Å²) in [5.41, 5.74) is 4.61. The van der Waals surface area contributed by atoms with Crippen LogP contribution in [0.5, 0.6) is 17.2 Å². The first kappa shape index (κ1) is 44.6. The summed E-state index contributed by atoms with van der Waals surface area (Å²) in [5, 5.41) is 11.9. The highest BCUT2D eigenvalue weighted by Gasteiger charge is 2.40. The SMILES string of the molecule is COc1cc(N=Nc2cccc3c2CN(C2CCC(=O)NC2=O)C3=O)cc(OC)c1OCC(=O)N1CCN(c2ccc(Cc3ncc4c(C)c(C(C)=O)c(=O)n(C5CCCC5)c4n3)nc2)CC1. The minimum Gasteiger partial charge on any atom is -0.493 e. The minimum absolute atomic E-state index is 0.00292. The molecule has 3 aliphatic heterocycles. The predicted octanol–water partition coefficient (Wildman–Crippen LogP) is 5.32. The van der Waals surface area contributed by atoms with Crippen molar-refractivity contribution in [1.29, 1.82) is 0 Å². The van der Waals surface area contributed by atoms with Crippen LogP contribution in [0.25, 0.3) is 11.0 Å². The molecule has 6 heterocycles. The van der Waals surface area contributed by atoms with Crippen LogP contribution in [0.4, 0.5) is 17.1 Å². The van der Waals surface area contributed by atoms with Crippen molar-refractivity contribution >= 4 is 57.5 Å². The van der Waals surface area contributed by atoms with Crippen molar-refractivity contribution in [1.82, 2.24) is 34.6 Å². The second-order valence-electron chi connectivity index (χ2n) is 17.1. The number of Topliss-reactive ketones (excluding diaryl/α,β-unsaturated/α-hetero) is 1. The fourth-order valence-electron chi connectivity index (χ4n) is 9.52. The number of pyridine rings is 2. The number of nitrogens with zero attached hydrogens (tertiary/aromatic N) is 9. The molecule has 0 radical (unpaired) electrons. The van der Waals surface area contributed by atoms with Gasteiger partial charge in [-0.1, -0.05) is 18.9 Å². The smallest absolute Gasteiger partial charge is 0.263 e. The van der Waals surface area contributed by atoms with E-state index < -0.39 is 11.9 Å². The maximum Gasteiger partial charge on any atom is 0.263 e. The van der Waals surface area contributed by atoms with Gasteiger partial charge in [-0.25, -0.2) is 9.97 Å². The Labute approximate surface area is 385 Å². The van der Waals surface area contributed by atoms with E-state index in [1.165, 1.54) is 26.0 Å². The molecule has 1 aliphatic carbocycles. The molecule has 4 aliphatic rings. The number of benzene rings is 2. The summed E-state index contributed by atoms with van der Waals surface area (Å²) in [5.74, 6) is -0.320. The number of aromatic nitrogens is 4. The third-order valence-electron chi connectivity index (χ3n) is 13.1. The quantitative estimate of drug-likeness (QED) is 0.0899. The van der Waals surface area contributed by atoms with Crippen LogP contribution in [0.2, 0.25) is 0 Å². The molecule has 19 nitrogen and oxygen atoms in total. The Morgan fingerprint density at radius 1 is 0.896 bits per heavy atom. The Bertz CT molecular complexity index is 2880. The van der Waals surface area contributed by atoms with Gasteiger partial charge in [0.05, 0.1) is 49.5 Å². The summed E-state index contributed by atoms with van der Waals surface area (Å²) in [4.78, 5) is 96.7. The number of ether oxygens (including phenoxy) is 3. The van der Waals surface area contributed by atoms with Crippen molar-refractivity contribution in [3.8, 4) is 17.2 Å². The number of rotatable bonds is 13. The van der Waals surface area contributed by atoms with E-state index in [-0.39, 0.29) is 83.9 Å². The predicted molar refractivity (Wildman–Crippen MR) is 244 cm³/mol. The molecule has 0 bridgehead atoms. The number of amides is 4. The molecule has 346 valence electrons. The highest BCUT2D eigenvalue weighted by molar-refractivity contribution is 6.06. The Kier molecular flexibility index (Phi) is 12.5. The fourth-order valence-corrected chi connectivity index (χ4v) is 9.52. The highest BCUT2D eigenvalue weighted by Crippen LogP contribution is 2.42. The maximum atomic E-state index is 13.6. The topological polar surface area (TPSA) is 220 Å². The zero-order valence-electron chi connectivity index (χ0n) is 37.7. The molecular weight excluding hydrogens is 861 g/mol.